The SMILES string of the molecule is Cc1nc(CC(=O)CCC(F)(F)F)sc1C. The number of hydrogen-bond donors (Lipinski definition) is 0. The highest BCUT2D eigenvalue weighted by Crippen LogP contribution is 2.23. The molecule has 0 fully saturated rings. The largest absolute Gasteiger partial charge is 0.389 e. The van der Waals surface area contributed by atoms with Crippen LogP contribution in [0.5, 0.6) is 0 Å². The number of carbonyl (C=O) groups is 1. The summed E-state index contributed by atoms with van der Waals surface area (Å²) in [6, 6.07) is 0. The lowest BCUT2D eigenvalue weighted by atomic mass is 10.2. The summed E-state index contributed by atoms with van der Waals surface area (Å²) in [6.45, 7) is 3.69. The van der Waals surface area contributed by atoms with Crippen LogP contribution in [0.15, 0.2) is 0 Å². The topological polar surface area (TPSA) is 30.0 Å². The molecule has 0 atom stereocenters. The highest BCUT2D eigenvalue weighted by Gasteiger charge is 2.27. The normalized spacial score (nSPS) is 11.8. The maximum Gasteiger partial charge on any atom is 0.389 e. The summed E-state index contributed by atoms with van der Waals surface area (Å²) in [6.07, 6.45) is -5.75. The molecule has 0 radical (unpaired) electrons. The summed E-state index contributed by atoms with van der Waals surface area (Å²) < 4.78 is 35.6. The highest BCUT2D eigenvalue weighted by atomic mass is 32.1. The molecule has 0 aliphatic heterocycles. The third-order valence-electron chi connectivity index (χ3n) is 2.11. The van der Waals surface area contributed by atoms with Crippen LogP contribution in [0, 0.1) is 13.8 Å². The van der Waals surface area contributed by atoms with E-state index in [1.54, 1.807) is 0 Å². The molecule has 1 heterocycles. The summed E-state index contributed by atoms with van der Waals surface area (Å²) in [4.78, 5) is 16.4. The van der Waals surface area contributed by atoms with Gasteiger partial charge in [0.25, 0.3) is 0 Å². The minimum absolute atomic E-state index is 0.00935. The van der Waals surface area contributed by atoms with E-state index in [0.717, 1.165) is 10.6 Å². The molecule has 1 rings (SSSR count). The number of thiazole rings is 1. The van der Waals surface area contributed by atoms with Crippen LogP contribution >= 0.6 is 11.3 Å². The van der Waals surface area contributed by atoms with E-state index in [1.807, 2.05) is 13.8 Å². The van der Waals surface area contributed by atoms with Crippen molar-refractivity contribution < 1.29 is 18.0 Å². The van der Waals surface area contributed by atoms with Crippen LogP contribution in [0.25, 0.3) is 0 Å². The van der Waals surface area contributed by atoms with Crippen molar-refractivity contribution in [3.05, 3.63) is 15.6 Å². The molecule has 1 aromatic heterocycles. The van der Waals surface area contributed by atoms with E-state index in [1.165, 1.54) is 11.3 Å². The molecule has 0 aliphatic rings. The van der Waals surface area contributed by atoms with Crippen molar-refractivity contribution in [3.8, 4) is 0 Å². The molecule has 0 amide bonds. The van der Waals surface area contributed by atoms with Crippen LogP contribution in [0.1, 0.15) is 28.4 Å². The van der Waals surface area contributed by atoms with Crippen molar-refractivity contribution in [1.82, 2.24) is 4.98 Å². The van der Waals surface area contributed by atoms with Gasteiger partial charge in [-0.15, -0.1) is 11.3 Å². The lowest BCUT2D eigenvalue weighted by Crippen LogP contribution is -2.12. The van der Waals surface area contributed by atoms with Gasteiger partial charge in [0.1, 0.15) is 10.8 Å². The summed E-state index contributed by atoms with van der Waals surface area (Å²) in [5, 5.41) is 0.599. The molecule has 6 heteroatoms. The van der Waals surface area contributed by atoms with Gasteiger partial charge < -0.3 is 0 Å². The van der Waals surface area contributed by atoms with Crippen molar-refractivity contribution in [2.75, 3.05) is 0 Å². The van der Waals surface area contributed by atoms with Gasteiger partial charge >= 0.3 is 6.18 Å². The van der Waals surface area contributed by atoms with Gasteiger partial charge in [0, 0.05) is 11.3 Å². The Morgan fingerprint density at radius 3 is 2.44 bits per heavy atom. The fourth-order valence-electron chi connectivity index (χ4n) is 1.15. The van der Waals surface area contributed by atoms with E-state index in [2.05, 4.69) is 4.98 Å². The van der Waals surface area contributed by atoms with Gasteiger partial charge in [-0.05, 0) is 13.8 Å². The lowest BCUT2D eigenvalue weighted by molar-refractivity contribution is -0.143. The molecule has 0 saturated heterocycles. The van der Waals surface area contributed by atoms with Gasteiger partial charge in [0.15, 0.2) is 0 Å². The first kappa shape index (κ1) is 13.2. The molecule has 0 N–H and O–H groups in total. The molecular formula is C10H12F3NOS. The zero-order valence-electron chi connectivity index (χ0n) is 9.02. The summed E-state index contributed by atoms with van der Waals surface area (Å²) in [7, 11) is 0. The van der Waals surface area contributed by atoms with Gasteiger partial charge in [-0.3, -0.25) is 4.79 Å². The van der Waals surface area contributed by atoms with E-state index >= 15 is 0 Å². The number of carbonyl (C=O) groups excluding carboxylic acids is 1. The van der Waals surface area contributed by atoms with Crippen LogP contribution < -0.4 is 0 Å². The number of alkyl halides is 3. The lowest BCUT2D eigenvalue weighted by Gasteiger charge is -2.03. The van der Waals surface area contributed by atoms with Crippen molar-refractivity contribution in [3.63, 3.8) is 0 Å². The number of aromatic nitrogens is 1. The zero-order chi connectivity index (χ0) is 12.3. The van der Waals surface area contributed by atoms with Crippen molar-refractivity contribution in [2.45, 2.75) is 39.3 Å². The van der Waals surface area contributed by atoms with Gasteiger partial charge in [-0.25, -0.2) is 4.98 Å². The molecule has 0 aromatic carbocycles. The first-order valence-electron chi connectivity index (χ1n) is 4.79. The molecule has 0 aliphatic carbocycles. The minimum atomic E-state index is -4.26. The van der Waals surface area contributed by atoms with Gasteiger partial charge in [0.2, 0.25) is 0 Å². The molecule has 0 spiro atoms. The third kappa shape index (κ3) is 4.30. The monoisotopic (exact) mass is 251 g/mol. The number of hydrogen-bond acceptors (Lipinski definition) is 3. The van der Waals surface area contributed by atoms with Crippen LogP contribution in [-0.4, -0.2) is 16.9 Å². The van der Waals surface area contributed by atoms with Crippen LogP contribution in [0.2, 0.25) is 0 Å². The highest BCUT2D eigenvalue weighted by molar-refractivity contribution is 7.11. The number of aryl methyl sites for hydroxylation is 2. The molecule has 1 aromatic rings. The van der Waals surface area contributed by atoms with Gasteiger partial charge in [-0.2, -0.15) is 13.2 Å². The quantitative estimate of drug-likeness (QED) is 0.822. The average molecular weight is 251 g/mol. The number of halogens is 3. The fraction of sp³-hybridized carbons (Fsp3) is 0.600. The van der Waals surface area contributed by atoms with Crippen LogP contribution in [0.3, 0.4) is 0 Å². The van der Waals surface area contributed by atoms with E-state index in [0.29, 0.717) is 5.01 Å². The maximum atomic E-state index is 11.9. The molecule has 0 unspecified atom stereocenters. The van der Waals surface area contributed by atoms with Crippen LogP contribution in [0.4, 0.5) is 13.2 Å². The Hall–Kier alpha value is -0.910. The second-order valence-corrected chi connectivity index (χ2v) is 4.87. The standard InChI is InChI=1S/C10H12F3NOS/c1-6-7(2)16-9(14-6)5-8(15)3-4-10(11,12)13/h3-5H2,1-2H3. The first-order valence-corrected chi connectivity index (χ1v) is 5.61. The Balaban J connectivity index is 2.46. The van der Waals surface area contributed by atoms with Gasteiger partial charge in [-0.1, -0.05) is 0 Å². The number of rotatable bonds is 4. The minimum Gasteiger partial charge on any atom is -0.299 e. The van der Waals surface area contributed by atoms with Crippen molar-refractivity contribution in [1.29, 1.82) is 0 Å². The summed E-state index contributed by atoms with van der Waals surface area (Å²) in [5.41, 5.74) is 0.837. The van der Waals surface area contributed by atoms with E-state index in [-0.39, 0.29) is 6.42 Å². The van der Waals surface area contributed by atoms with E-state index in [4.69, 9.17) is 0 Å². The Morgan fingerprint density at radius 2 is 2.00 bits per heavy atom. The predicted octanol–water partition coefficient (Wildman–Crippen LogP) is 3.21. The number of Topliss-reactive ketones (excluding diaryl/α,β-unsaturated/α-hetero) is 1. The molecule has 0 bridgehead atoms. The van der Waals surface area contributed by atoms with E-state index < -0.39 is 24.8 Å². The molecule has 2 nitrogen and oxygen atoms in total. The van der Waals surface area contributed by atoms with Gasteiger partial charge in [0.05, 0.1) is 18.5 Å². The fourth-order valence-corrected chi connectivity index (χ4v) is 2.12. The average Bonchev–Trinajstić information content (AvgIpc) is 2.41. The maximum absolute atomic E-state index is 11.9. The molecular weight excluding hydrogens is 239 g/mol. The van der Waals surface area contributed by atoms with Crippen LogP contribution in [-0.2, 0) is 11.2 Å². The second-order valence-electron chi connectivity index (χ2n) is 3.58. The molecule has 16 heavy (non-hydrogen) atoms. The second kappa shape index (κ2) is 4.95. The van der Waals surface area contributed by atoms with Crippen molar-refractivity contribution >= 4 is 17.1 Å². The molecule has 0 saturated carbocycles. The Bertz CT molecular complexity index is 364. The third-order valence-corrected chi connectivity index (χ3v) is 3.18. The zero-order valence-corrected chi connectivity index (χ0v) is 9.84. The number of nitrogens with zero attached hydrogens (tertiary/aromatic N) is 1. The Labute approximate surface area is 95.5 Å². The summed E-state index contributed by atoms with van der Waals surface area (Å²) in [5.74, 6) is -0.411. The summed E-state index contributed by atoms with van der Waals surface area (Å²) >= 11 is 1.36. The first-order chi connectivity index (χ1) is 7.28. The molecule has 90 valence electrons. The Kier molecular flexibility index (Phi) is 4.07. The smallest absolute Gasteiger partial charge is 0.299 e. The number of ketones is 1. The Morgan fingerprint density at radius 1 is 1.38 bits per heavy atom. The van der Waals surface area contributed by atoms with E-state index in [9.17, 15) is 18.0 Å². The van der Waals surface area contributed by atoms with Crippen molar-refractivity contribution in [2.24, 2.45) is 0 Å². The predicted molar refractivity (Wildman–Crippen MR) is 55.6 cm³/mol.